The molecule has 1 saturated carbocycles. The number of hydrogen-bond acceptors (Lipinski definition) is 4. The van der Waals surface area contributed by atoms with Gasteiger partial charge in [-0.1, -0.05) is 6.07 Å². The lowest BCUT2D eigenvalue weighted by molar-refractivity contribution is 0.0497. The average molecular weight is 292 g/mol. The van der Waals surface area contributed by atoms with Gasteiger partial charge in [0.2, 0.25) is 0 Å². The number of hydrogen-bond donors (Lipinski definition) is 0. The topological polar surface area (TPSA) is 78.2 Å². The van der Waals surface area contributed by atoms with E-state index in [1.165, 1.54) is 23.1 Å². The molecule has 0 N–H and O–H groups in total. The van der Waals surface area contributed by atoms with E-state index in [0.717, 1.165) is 12.7 Å². The molecule has 1 fully saturated rings. The minimum Gasteiger partial charge on any atom is -0.323 e. The van der Waals surface area contributed by atoms with Crippen molar-refractivity contribution in [2.24, 2.45) is 0 Å². The molecule has 0 spiro atoms. The number of nitriles is 1. The molecule has 1 amide bonds. The Morgan fingerprint density at radius 2 is 2.05 bits per heavy atom. The Morgan fingerprint density at radius 1 is 1.40 bits per heavy atom. The third-order valence-electron chi connectivity index (χ3n) is 3.84. The van der Waals surface area contributed by atoms with Crippen LogP contribution in [0, 0.1) is 11.3 Å². The van der Waals surface area contributed by atoms with Crippen LogP contribution in [-0.2, 0) is 9.84 Å². The van der Waals surface area contributed by atoms with E-state index in [0.29, 0.717) is 12.8 Å². The van der Waals surface area contributed by atoms with Crippen molar-refractivity contribution in [3.63, 3.8) is 0 Å². The zero-order valence-corrected chi connectivity index (χ0v) is 12.3. The zero-order valence-electron chi connectivity index (χ0n) is 11.5. The van der Waals surface area contributed by atoms with Crippen LogP contribution in [0.2, 0.25) is 0 Å². The van der Waals surface area contributed by atoms with E-state index in [4.69, 9.17) is 0 Å². The van der Waals surface area contributed by atoms with Crippen LogP contribution in [0.25, 0.3) is 0 Å². The van der Waals surface area contributed by atoms with Crippen LogP contribution < -0.4 is 0 Å². The van der Waals surface area contributed by atoms with Crippen molar-refractivity contribution < 1.29 is 13.2 Å². The Labute approximate surface area is 118 Å². The highest BCUT2D eigenvalue weighted by Gasteiger charge is 2.43. The second-order valence-corrected chi connectivity index (χ2v) is 7.18. The van der Waals surface area contributed by atoms with Crippen LogP contribution in [0.15, 0.2) is 29.2 Å². The van der Waals surface area contributed by atoms with Gasteiger partial charge in [-0.3, -0.25) is 4.79 Å². The molecular weight excluding hydrogens is 276 g/mol. The van der Waals surface area contributed by atoms with Gasteiger partial charge in [-0.05, 0) is 37.5 Å². The van der Waals surface area contributed by atoms with Crippen molar-refractivity contribution >= 4 is 15.7 Å². The predicted octanol–water partition coefficient (Wildman–Crippen LogP) is 1.61. The van der Waals surface area contributed by atoms with Crippen molar-refractivity contribution in [3.05, 3.63) is 29.8 Å². The summed E-state index contributed by atoms with van der Waals surface area (Å²) in [6.45, 7) is 0. The number of rotatable bonds is 3. The summed E-state index contributed by atoms with van der Waals surface area (Å²) in [6, 6.07) is 8.12. The van der Waals surface area contributed by atoms with Gasteiger partial charge in [0.15, 0.2) is 9.84 Å². The van der Waals surface area contributed by atoms with Gasteiger partial charge < -0.3 is 4.90 Å². The van der Waals surface area contributed by atoms with Gasteiger partial charge in [0.05, 0.1) is 11.0 Å². The lowest BCUT2D eigenvalue weighted by atomic mass is 9.76. The fourth-order valence-electron chi connectivity index (χ4n) is 2.28. The third kappa shape index (κ3) is 2.41. The molecule has 0 bridgehead atoms. The molecule has 20 heavy (non-hydrogen) atoms. The van der Waals surface area contributed by atoms with Crippen molar-refractivity contribution in [3.8, 4) is 6.07 Å². The smallest absolute Gasteiger partial charge is 0.254 e. The SMILES string of the molecule is CN(C(=O)c1cccc(S(C)(=O)=O)c1)C1(C#N)CCC1. The van der Waals surface area contributed by atoms with Crippen LogP contribution in [-0.4, -0.2) is 38.1 Å². The maximum absolute atomic E-state index is 12.4. The molecule has 106 valence electrons. The van der Waals surface area contributed by atoms with Crippen LogP contribution >= 0.6 is 0 Å². The van der Waals surface area contributed by atoms with Crippen LogP contribution in [0.5, 0.6) is 0 Å². The molecule has 0 saturated heterocycles. The fourth-order valence-corrected chi connectivity index (χ4v) is 2.95. The molecule has 0 unspecified atom stereocenters. The van der Waals surface area contributed by atoms with Gasteiger partial charge >= 0.3 is 0 Å². The lowest BCUT2D eigenvalue weighted by Crippen LogP contribution is -2.53. The normalized spacial score (nSPS) is 16.9. The molecule has 0 heterocycles. The van der Waals surface area contributed by atoms with Crippen LogP contribution in [0.4, 0.5) is 0 Å². The van der Waals surface area contributed by atoms with Gasteiger partial charge in [-0.25, -0.2) is 8.42 Å². The van der Waals surface area contributed by atoms with Gasteiger partial charge in [0, 0.05) is 18.9 Å². The number of carbonyl (C=O) groups excluding carboxylic acids is 1. The van der Waals surface area contributed by atoms with Crippen LogP contribution in [0.3, 0.4) is 0 Å². The molecule has 1 aliphatic rings. The summed E-state index contributed by atoms with van der Waals surface area (Å²) >= 11 is 0. The van der Waals surface area contributed by atoms with Gasteiger partial charge in [0.1, 0.15) is 5.54 Å². The molecule has 1 aliphatic carbocycles. The number of benzene rings is 1. The number of amides is 1. The van der Waals surface area contributed by atoms with Crippen LogP contribution in [0.1, 0.15) is 29.6 Å². The minimum absolute atomic E-state index is 0.108. The average Bonchev–Trinajstić information content (AvgIpc) is 2.36. The third-order valence-corrected chi connectivity index (χ3v) is 4.95. The largest absolute Gasteiger partial charge is 0.323 e. The molecule has 0 atom stereocenters. The van der Waals surface area contributed by atoms with E-state index in [1.54, 1.807) is 13.1 Å². The Hall–Kier alpha value is -1.87. The Bertz CT molecular complexity index is 685. The monoisotopic (exact) mass is 292 g/mol. The summed E-state index contributed by atoms with van der Waals surface area (Å²) in [7, 11) is -1.76. The van der Waals surface area contributed by atoms with Gasteiger partial charge in [-0.15, -0.1) is 0 Å². The summed E-state index contributed by atoms with van der Waals surface area (Å²) in [5.41, 5.74) is -0.449. The zero-order chi connectivity index (χ0) is 15.0. The number of sulfone groups is 1. The highest BCUT2D eigenvalue weighted by molar-refractivity contribution is 7.90. The number of nitrogens with zero attached hydrogens (tertiary/aromatic N) is 2. The van der Waals surface area contributed by atoms with Crippen molar-refractivity contribution in [2.45, 2.75) is 29.7 Å². The first-order valence-corrected chi connectivity index (χ1v) is 8.19. The molecule has 0 aromatic heterocycles. The fraction of sp³-hybridized carbons (Fsp3) is 0.429. The Balaban J connectivity index is 2.33. The first-order chi connectivity index (χ1) is 9.30. The Morgan fingerprint density at radius 3 is 2.50 bits per heavy atom. The van der Waals surface area contributed by atoms with Crippen molar-refractivity contribution in [1.29, 1.82) is 5.26 Å². The highest BCUT2D eigenvalue weighted by Crippen LogP contribution is 2.37. The van der Waals surface area contributed by atoms with Gasteiger partial charge in [-0.2, -0.15) is 5.26 Å². The first kappa shape index (κ1) is 14.5. The molecule has 1 aromatic rings. The summed E-state index contributed by atoms with van der Waals surface area (Å²) in [5, 5.41) is 9.25. The number of carbonyl (C=O) groups is 1. The molecule has 6 heteroatoms. The van der Waals surface area contributed by atoms with E-state index in [2.05, 4.69) is 6.07 Å². The molecular formula is C14H16N2O3S. The lowest BCUT2D eigenvalue weighted by Gasteiger charge is -2.42. The predicted molar refractivity (Wildman–Crippen MR) is 73.8 cm³/mol. The standard InChI is InChI=1S/C14H16N2O3S/c1-16(14(10-15)7-4-8-14)13(17)11-5-3-6-12(9-11)20(2,18)19/h3,5-6,9H,4,7-8H2,1-2H3. The quantitative estimate of drug-likeness (QED) is 0.848. The summed E-state index contributed by atoms with van der Waals surface area (Å²) in [5.74, 6) is -0.322. The summed E-state index contributed by atoms with van der Waals surface area (Å²) in [6.07, 6.45) is 3.35. The maximum Gasteiger partial charge on any atom is 0.254 e. The van der Waals surface area contributed by atoms with E-state index < -0.39 is 15.4 Å². The minimum atomic E-state index is -3.35. The molecule has 5 nitrogen and oxygen atoms in total. The van der Waals surface area contributed by atoms with E-state index >= 15 is 0 Å². The second kappa shape index (κ2) is 4.91. The second-order valence-electron chi connectivity index (χ2n) is 5.16. The maximum atomic E-state index is 12.4. The van der Waals surface area contributed by atoms with E-state index in [-0.39, 0.29) is 16.4 Å². The molecule has 1 aromatic carbocycles. The van der Waals surface area contributed by atoms with E-state index in [9.17, 15) is 18.5 Å². The molecule has 0 aliphatic heterocycles. The van der Waals surface area contributed by atoms with E-state index in [1.807, 2.05) is 0 Å². The summed E-state index contributed by atoms with van der Waals surface area (Å²) < 4.78 is 23.0. The highest BCUT2D eigenvalue weighted by atomic mass is 32.2. The first-order valence-electron chi connectivity index (χ1n) is 6.30. The van der Waals surface area contributed by atoms with Crippen molar-refractivity contribution in [1.82, 2.24) is 4.90 Å². The van der Waals surface area contributed by atoms with Gasteiger partial charge in [0.25, 0.3) is 5.91 Å². The molecule has 2 rings (SSSR count). The molecule has 0 radical (unpaired) electrons. The Kier molecular flexibility index (Phi) is 3.57. The summed E-state index contributed by atoms with van der Waals surface area (Å²) in [4.78, 5) is 13.9. The van der Waals surface area contributed by atoms with Crippen molar-refractivity contribution in [2.75, 3.05) is 13.3 Å².